The van der Waals surface area contributed by atoms with Gasteiger partial charge in [0.2, 0.25) is 5.88 Å². The first-order valence-corrected chi connectivity index (χ1v) is 7.53. The number of anilines is 1. The first-order valence-electron chi connectivity index (χ1n) is 6.65. The molecule has 1 N–H and O–H groups in total. The van der Waals surface area contributed by atoms with E-state index in [4.69, 9.17) is 4.74 Å². The lowest BCUT2D eigenvalue weighted by Gasteiger charge is -2.06. The predicted molar refractivity (Wildman–Crippen MR) is 85.1 cm³/mol. The van der Waals surface area contributed by atoms with Crippen LogP contribution in [0, 0.1) is 0 Å². The minimum absolute atomic E-state index is 0.239. The maximum Gasteiger partial charge on any atom is 0.259 e. The number of hydrogen-bond acceptors (Lipinski definition) is 5. The molecule has 2 heterocycles. The number of nitrogens with zero attached hydrogens (tertiary/aromatic N) is 2. The molecule has 2 aromatic heterocycles. The molecule has 0 aliphatic carbocycles. The molecule has 5 nitrogen and oxygen atoms in total. The first-order chi connectivity index (χ1) is 10.8. The number of aromatic nitrogens is 2. The lowest BCUT2D eigenvalue weighted by molar-refractivity contribution is 0.102. The average molecular weight is 311 g/mol. The first kappa shape index (κ1) is 14.2. The smallest absolute Gasteiger partial charge is 0.259 e. The average Bonchev–Trinajstić information content (AvgIpc) is 3.07. The Morgan fingerprint density at radius 2 is 2.00 bits per heavy atom. The lowest BCUT2D eigenvalue weighted by Crippen LogP contribution is -2.12. The highest BCUT2D eigenvalue weighted by molar-refractivity contribution is 7.13. The van der Waals surface area contributed by atoms with Crippen LogP contribution in [0.5, 0.6) is 5.88 Å². The number of pyridine rings is 1. The van der Waals surface area contributed by atoms with E-state index in [1.165, 1.54) is 17.5 Å². The van der Waals surface area contributed by atoms with Gasteiger partial charge < -0.3 is 4.74 Å². The van der Waals surface area contributed by atoms with Gasteiger partial charge in [-0.2, -0.15) is 0 Å². The van der Waals surface area contributed by atoms with Gasteiger partial charge >= 0.3 is 0 Å². The number of carbonyl (C=O) groups is 1. The number of nitrogens with one attached hydrogen (secondary N) is 1. The summed E-state index contributed by atoms with van der Waals surface area (Å²) in [6.45, 7) is 0.443. The van der Waals surface area contributed by atoms with E-state index < -0.39 is 0 Å². The van der Waals surface area contributed by atoms with Crippen LogP contribution in [0.1, 0.15) is 15.9 Å². The molecule has 6 heteroatoms. The van der Waals surface area contributed by atoms with Crippen molar-refractivity contribution in [2.75, 3.05) is 5.32 Å². The summed E-state index contributed by atoms with van der Waals surface area (Å²) in [5.41, 5.74) is 1.53. The Balaban J connectivity index is 1.59. The number of thiazole rings is 1. The van der Waals surface area contributed by atoms with Gasteiger partial charge in [-0.05, 0) is 11.6 Å². The summed E-state index contributed by atoms with van der Waals surface area (Å²) < 4.78 is 5.58. The quantitative estimate of drug-likeness (QED) is 0.784. The molecule has 0 spiro atoms. The number of rotatable bonds is 5. The van der Waals surface area contributed by atoms with E-state index in [1.807, 2.05) is 30.3 Å². The molecule has 0 aliphatic rings. The second-order valence-corrected chi connectivity index (χ2v) is 5.35. The SMILES string of the molecule is O=C(Nc1nccs1)c1ccc(OCc2ccccc2)nc1. The molecule has 0 unspecified atom stereocenters. The van der Waals surface area contributed by atoms with Crippen molar-refractivity contribution in [3.63, 3.8) is 0 Å². The molecule has 0 atom stereocenters. The standard InChI is InChI=1S/C16H13N3O2S/c20-15(19-16-17-8-9-22-16)13-6-7-14(18-10-13)21-11-12-4-2-1-3-5-12/h1-10H,11H2,(H,17,19,20). The molecule has 0 fully saturated rings. The maximum atomic E-state index is 12.0. The summed E-state index contributed by atoms with van der Waals surface area (Å²) in [5.74, 6) is 0.242. The predicted octanol–water partition coefficient (Wildman–Crippen LogP) is 3.37. The van der Waals surface area contributed by atoms with Crippen LogP contribution in [-0.2, 0) is 6.61 Å². The Bertz CT molecular complexity index is 728. The molecule has 0 aliphatic heterocycles. The van der Waals surface area contributed by atoms with Crippen LogP contribution >= 0.6 is 11.3 Å². The van der Waals surface area contributed by atoms with Crippen molar-refractivity contribution in [3.05, 3.63) is 71.4 Å². The molecule has 0 radical (unpaired) electrons. The zero-order valence-electron chi connectivity index (χ0n) is 11.6. The van der Waals surface area contributed by atoms with Gasteiger partial charge in [0.15, 0.2) is 5.13 Å². The second kappa shape index (κ2) is 6.82. The van der Waals surface area contributed by atoms with Crippen molar-refractivity contribution in [2.45, 2.75) is 6.61 Å². The van der Waals surface area contributed by atoms with Crippen LogP contribution in [-0.4, -0.2) is 15.9 Å². The Kier molecular flexibility index (Phi) is 4.41. The van der Waals surface area contributed by atoms with Gasteiger partial charge in [-0.1, -0.05) is 30.3 Å². The molecule has 0 saturated heterocycles. The molecule has 0 saturated carbocycles. The number of hydrogen-bond donors (Lipinski definition) is 1. The molecule has 3 rings (SSSR count). The molecular formula is C16H13N3O2S. The summed E-state index contributed by atoms with van der Waals surface area (Å²) in [4.78, 5) is 20.1. The van der Waals surface area contributed by atoms with Crippen LogP contribution in [0.3, 0.4) is 0 Å². The van der Waals surface area contributed by atoms with Crippen molar-refractivity contribution in [2.24, 2.45) is 0 Å². The van der Waals surface area contributed by atoms with Crippen LogP contribution < -0.4 is 10.1 Å². The molecular weight excluding hydrogens is 298 g/mol. The van der Waals surface area contributed by atoms with Crippen molar-refractivity contribution >= 4 is 22.4 Å². The van der Waals surface area contributed by atoms with E-state index in [-0.39, 0.29) is 5.91 Å². The zero-order chi connectivity index (χ0) is 15.2. The fraction of sp³-hybridized carbons (Fsp3) is 0.0625. The van der Waals surface area contributed by atoms with Crippen LogP contribution in [0.2, 0.25) is 0 Å². The van der Waals surface area contributed by atoms with E-state index in [2.05, 4.69) is 15.3 Å². The van der Waals surface area contributed by atoms with Crippen LogP contribution in [0.25, 0.3) is 0 Å². The third-order valence-electron chi connectivity index (χ3n) is 2.88. The van der Waals surface area contributed by atoms with E-state index in [1.54, 1.807) is 23.7 Å². The number of carbonyl (C=O) groups excluding carboxylic acids is 1. The van der Waals surface area contributed by atoms with E-state index in [0.29, 0.717) is 23.2 Å². The summed E-state index contributed by atoms with van der Waals surface area (Å²) >= 11 is 1.37. The molecule has 1 amide bonds. The Morgan fingerprint density at radius 1 is 1.14 bits per heavy atom. The van der Waals surface area contributed by atoms with Gasteiger partial charge in [0.25, 0.3) is 5.91 Å². The Hall–Kier alpha value is -2.73. The lowest BCUT2D eigenvalue weighted by atomic mass is 10.2. The maximum absolute atomic E-state index is 12.0. The fourth-order valence-electron chi connectivity index (χ4n) is 1.79. The fourth-order valence-corrected chi connectivity index (χ4v) is 2.31. The van der Waals surface area contributed by atoms with Gasteiger partial charge in [0.1, 0.15) is 6.61 Å². The Morgan fingerprint density at radius 3 is 2.68 bits per heavy atom. The number of ether oxygens (including phenoxy) is 1. The van der Waals surface area contributed by atoms with Crippen LogP contribution in [0.4, 0.5) is 5.13 Å². The van der Waals surface area contributed by atoms with Gasteiger partial charge in [0, 0.05) is 23.8 Å². The van der Waals surface area contributed by atoms with Crippen molar-refractivity contribution in [1.29, 1.82) is 0 Å². The van der Waals surface area contributed by atoms with Gasteiger partial charge in [-0.25, -0.2) is 9.97 Å². The van der Waals surface area contributed by atoms with Crippen molar-refractivity contribution in [1.82, 2.24) is 9.97 Å². The second-order valence-electron chi connectivity index (χ2n) is 4.45. The topological polar surface area (TPSA) is 64.1 Å². The molecule has 3 aromatic rings. The monoisotopic (exact) mass is 311 g/mol. The summed E-state index contributed by atoms with van der Waals surface area (Å²) in [6.07, 6.45) is 3.13. The molecule has 22 heavy (non-hydrogen) atoms. The third-order valence-corrected chi connectivity index (χ3v) is 3.57. The normalized spacial score (nSPS) is 10.2. The minimum Gasteiger partial charge on any atom is -0.473 e. The highest BCUT2D eigenvalue weighted by atomic mass is 32.1. The van der Waals surface area contributed by atoms with Gasteiger partial charge in [-0.15, -0.1) is 11.3 Å². The Labute approximate surface area is 131 Å². The van der Waals surface area contributed by atoms with Crippen LogP contribution in [0.15, 0.2) is 60.2 Å². The molecule has 0 bridgehead atoms. The number of benzene rings is 1. The minimum atomic E-state index is -0.239. The van der Waals surface area contributed by atoms with E-state index >= 15 is 0 Å². The van der Waals surface area contributed by atoms with Crippen molar-refractivity contribution < 1.29 is 9.53 Å². The molecule has 1 aromatic carbocycles. The zero-order valence-corrected chi connectivity index (χ0v) is 12.4. The third kappa shape index (κ3) is 3.67. The number of amides is 1. The highest BCUT2D eigenvalue weighted by Crippen LogP contribution is 2.14. The highest BCUT2D eigenvalue weighted by Gasteiger charge is 2.08. The summed E-state index contributed by atoms with van der Waals surface area (Å²) in [7, 11) is 0. The van der Waals surface area contributed by atoms with Gasteiger partial charge in [0.05, 0.1) is 5.56 Å². The summed E-state index contributed by atoms with van der Waals surface area (Å²) in [5, 5.41) is 5.07. The largest absolute Gasteiger partial charge is 0.473 e. The van der Waals surface area contributed by atoms with Gasteiger partial charge in [-0.3, -0.25) is 10.1 Å². The van der Waals surface area contributed by atoms with E-state index in [0.717, 1.165) is 5.56 Å². The molecule has 110 valence electrons. The van der Waals surface area contributed by atoms with Crippen molar-refractivity contribution in [3.8, 4) is 5.88 Å². The van der Waals surface area contributed by atoms with E-state index in [9.17, 15) is 4.79 Å². The summed E-state index contributed by atoms with van der Waals surface area (Å²) in [6, 6.07) is 13.2.